The van der Waals surface area contributed by atoms with Crippen LogP contribution in [0.5, 0.6) is 0 Å². The van der Waals surface area contributed by atoms with Crippen molar-refractivity contribution < 1.29 is 0 Å². The predicted molar refractivity (Wildman–Crippen MR) is 61.8 cm³/mol. The van der Waals surface area contributed by atoms with Gasteiger partial charge in [0, 0.05) is 10.6 Å². The molecule has 0 fully saturated rings. The van der Waals surface area contributed by atoms with Crippen LogP contribution in [0.15, 0.2) is 29.2 Å². The lowest BCUT2D eigenvalue weighted by molar-refractivity contribution is 1.04. The number of rotatable bonds is 2. The van der Waals surface area contributed by atoms with E-state index in [9.17, 15) is 0 Å². The number of thioether (sulfide) groups is 1. The maximum absolute atomic E-state index is 5.13. The highest BCUT2D eigenvalue weighted by atomic mass is 32.2. The number of thiocarbonyl (C=S) groups is 1. The molecule has 0 saturated heterocycles. The first-order valence-corrected chi connectivity index (χ1v) is 5.31. The molecular weight excluding hydrogens is 202 g/mol. The van der Waals surface area contributed by atoms with Gasteiger partial charge in [-0.05, 0) is 36.7 Å². The summed E-state index contributed by atoms with van der Waals surface area (Å²) < 4.78 is 0. The molecule has 0 atom stereocenters. The maximum Gasteiger partial charge on any atom is 0.185 e. The summed E-state index contributed by atoms with van der Waals surface area (Å²) in [6.07, 6.45) is 2.03. The summed E-state index contributed by atoms with van der Waals surface area (Å²) in [4.78, 5) is 1.19. The summed E-state index contributed by atoms with van der Waals surface area (Å²) >= 11 is 6.55. The largest absolute Gasteiger partial charge is 0.332 e. The van der Waals surface area contributed by atoms with E-state index in [1.54, 1.807) is 11.8 Å². The van der Waals surface area contributed by atoms with E-state index in [0.717, 1.165) is 5.69 Å². The smallest absolute Gasteiger partial charge is 0.185 e. The van der Waals surface area contributed by atoms with E-state index in [1.165, 1.54) is 4.90 Å². The van der Waals surface area contributed by atoms with Crippen LogP contribution < -0.4 is 16.6 Å². The molecule has 0 aliphatic heterocycles. The standard InChI is InChI=1S/C8H11N3S2/c1-13-7-4-2-3-6(5-7)10-8(12)11-9/h2-5H,9H2,1H3,(H2,10,11,12). The minimum atomic E-state index is 0.415. The van der Waals surface area contributed by atoms with Gasteiger partial charge in [-0.15, -0.1) is 11.8 Å². The minimum absolute atomic E-state index is 0.415. The molecule has 13 heavy (non-hydrogen) atoms. The first-order valence-electron chi connectivity index (χ1n) is 3.68. The zero-order valence-corrected chi connectivity index (χ0v) is 8.84. The van der Waals surface area contributed by atoms with Crippen molar-refractivity contribution in [1.82, 2.24) is 5.43 Å². The van der Waals surface area contributed by atoms with Crippen molar-refractivity contribution in [3.63, 3.8) is 0 Å². The van der Waals surface area contributed by atoms with Gasteiger partial charge >= 0.3 is 0 Å². The van der Waals surface area contributed by atoms with Gasteiger partial charge in [-0.25, -0.2) is 5.84 Å². The molecule has 0 heterocycles. The van der Waals surface area contributed by atoms with Crippen LogP contribution in [0.3, 0.4) is 0 Å². The average molecular weight is 213 g/mol. The molecule has 70 valence electrons. The third kappa shape index (κ3) is 3.22. The molecule has 1 aromatic rings. The Hall–Kier alpha value is -0.780. The molecule has 0 bridgehead atoms. The molecule has 0 spiro atoms. The van der Waals surface area contributed by atoms with Crippen molar-refractivity contribution in [2.24, 2.45) is 5.84 Å². The normalized spacial score (nSPS) is 9.38. The highest BCUT2D eigenvalue weighted by Gasteiger charge is 1.95. The number of hydrazine groups is 1. The molecule has 0 radical (unpaired) electrons. The fourth-order valence-corrected chi connectivity index (χ4v) is 1.45. The molecule has 0 saturated carbocycles. The van der Waals surface area contributed by atoms with E-state index in [2.05, 4.69) is 10.7 Å². The van der Waals surface area contributed by atoms with Gasteiger partial charge in [-0.1, -0.05) is 6.07 Å². The molecule has 0 aromatic heterocycles. The maximum atomic E-state index is 5.13. The van der Waals surface area contributed by atoms with E-state index >= 15 is 0 Å². The van der Waals surface area contributed by atoms with E-state index in [-0.39, 0.29) is 0 Å². The molecule has 0 aliphatic rings. The molecule has 1 rings (SSSR count). The zero-order valence-electron chi connectivity index (χ0n) is 7.20. The van der Waals surface area contributed by atoms with Gasteiger partial charge in [0.2, 0.25) is 0 Å². The number of anilines is 1. The topological polar surface area (TPSA) is 50.1 Å². The molecule has 0 aliphatic carbocycles. The number of benzene rings is 1. The van der Waals surface area contributed by atoms with Crippen LogP contribution in [0.4, 0.5) is 5.69 Å². The Morgan fingerprint density at radius 2 is 2.31 bits per heavy atom. The van der Waals surface area contributed by atoms with Crippen molar-refractivity contribution in [2.45, 2.75) is 4.90 Å². The molecular formula is C8H11N3S2. The Bertz CT molecular complexity index is 301. The van der Waals surface area contributed by atoms with Gasteiger partial charge in [0.25, 0.3) is 0 Å². The Kier molecular flexibility index (Phi) is 4.01. The first kappa shape index (κ1) is 10.3. The van der Waals surface area contributed by atoms with Gasteiger partial charge in [0.05, 0.1) is 0 Å². The molecule has 1 aromatic carbocycles. The fourth-order valence-electron chi connectivity index (χ4n) is 0.868. The van der Waals surface area contributed by atoms with E-state index in [4.69, 9.17) is 18.1 Å². The Morgan fingerprint density at radius 3 is 2.92 bits per heavy atom. The Morgan fingerprint density at radius 1 is 1.54 bits per heavy atom. The number of hydrogen-bond acceptors (Lipinski definition) is 3. The lowest BCUT2D eigenvalue weighted by Crippen LogP contribution is -2.34. The first-order chi connectivity index (χ1) is 6.26. The van der Waals surface area contributed by atoms with Crippen LogP contribution in [0.2, 0.25) is 0 Å². The lowest BCUT2D eigenvalue weighted by Gasteiger charge is -2.07. The third-order valence-corrected chi connectivity index (χ3v) is 2.40. The summed E-state index contributed by atoms with van der Waals surface area (Å²) in [6.45, 7) is 0. The van der Waals surface area contributed by atoms with Gasteiger partial charge in [0.15, 0.2) is 5.11 Å². The molecule has 0 unspecified atom stereocenters. The third-order valence-electron chi connectivity index (χ3n) is 1.46. The summed E-state index contributed by atoms with van der Waals surface area (Å²) in [6, 6.07) is 7.94. The van der Waals surface area contributed by atoms with Crippen molar-refractivity contribution in [3.8, 4) is 0 Å². The number of hydrogen-bond donors (Lipinski definition) is 3. The van der Waals surface area contributed by atoms with Gasteiger partial charge < -0.3 is 10.7 Å². The molecule has 4 N–H and O–H groups in total. The fraction of sp³-hybridized carbons (Fsp3) is 0.125. The minimum Gasteiger partial charge on any atom is -0.332 e. The molecule has 5 heteroatoms. The summed E-state index contributed by atoms with van der Waals surface area (Å²) in [7, 11) is 0. The van der Waals surface area contributed by atoms with Crippen LogP contribution >= 0.6 is 24.0 Å². The second kappa shape index (κ2) is 5.06. The highest BCUT2D eigenvalue weighted by Crippen LogP contribution is 2.18. The van der Waals surface area contributed by atoms with Gasteiger partial charge in [-0.3, -0.25) is 0 Å². The van der Waals surface area contributed by atoms with Crippen LogP contribution in [0.1, 0.15) is 0 Å². The summed E-state index contributed by atoms with van der Waals surface area (Å²) in [5.41, 5.74) is 3.30. The number of nitrogens with one attached hydrogen (secondary N) is 2. The highest BCUT2D eigenvalue weighted by molar-refractivity contribution is 7.98. The van der Waals surface area contributed by atoms with Crippen molar-refractivity contribution in [3.05, 3.63) is 24.3 Å². The SMILES string of the molecule is CSc1cccc(NC(=S)NN)c1. The molecule has 3 nitrogen and oxygen atoms in total. The Balaban J connectivity index is 2.71. The predicted octanol–water partition coefficient (Wildman–Crippen LogP) is 1.57. The molecule has 0 amide bonds. The van der Waals surface area contributed by atoms with E-state index < -0.39 is 0 Å². The van der Waals surface area contributed by atoms with Crippen LogP contribution in [-0.4, -0.2) is 11.4 Å². The zero-order chi connectivity index (χ0) is 9.68. The summed E-state index contributed by atoms with van der Waals surface area (Å²) in [5.74, 6) is 5.13. The quantitative estimate of drug-likeness (QED) is 0.301. The van der Waals surface area contributed by atoms with Crippen molar-refractivity contribution in [1.29, 1.82) is 0 Å². The van der Waals surface area contributed by atoms with Crippen LogP contribution in [-0.2, 0) is 0 Å². The second-order valence-electron chi connectivity index (χ2n) is 2.33. The average Bonchev–Trinajstić information content (AvgIpc) is 2.18. The van der Waals surface area contributed by atoms with Crippen molar-refractivity contribution >= 4 is 34.8 Å². The lowest BCUT2D eigenvalue weighted by atomic mass is 10.3. The van der Waals surface area contributed by atoms with E-state index in [1.807, 2.05) is 30.5 Å². The van der Waals surface area contributed by atoms with Crippen LogP contribution in [0, 0.1) is 0 Å². The van der Waals surface area contributed by atoms with Crippen molar-refractivity contribution in [2.75, 3.05) is 11.6 Å². The van der Waals surface area contributed by atoms with Crippen LogP contribution in [0.25, 0.3) is 0 Å². The number of nitrogens with two attached hydrogens (primary N) is 1. The van der Waals surface area contributed by atoms with Gasteiger partial charge in [-0.2, -0.15) is 0 Å². The Labute approximate surface area is 87.1 Å². The van der Waals surface area contributed by atoms with E-state index in [0.29, 0.717) is 5.11 Å². The van der Waals surface area contributed by atoms with Gasteiger partial charge in [0.1, 0.15) is 0 Å². The summed E-state index contributed by atoms with van der Waals surface area (Å²) in [5, 5.41) is 3.36. The monoisotopic (exact) mass is 213 g/mol. The second-order valence-corrected chi connectivity index (χ2v) is 3.62.